The van der Waals surface area contributed by atoms with Crippen LogP contribution in [0.15, 0.2) is 43.0 Å². The Bertz CT molecular complexity index is 387. The van der Waals surface area contributed by atoms with Crippen molar-refractivity contribution in [1.82, 2.24) is 4.90 Å². The molecule has 0 aliphatic carbocycles. The van der Waals surface area contributed by atoms with E-state index in [2.05, 4.69) is 11.3 Å². The lowest BCUT2D eigenvalue weighted by Gasteiger charge is -2.17. The van der Waals surface area contributed by atoms with E-state index in [0.29, 0.717) is 0 Å². The van der Waals surface area contributed by atoms with Gasteiger partial charge in [-0.05, 0) is 11.6 Å². The van der Waals surface area contributed by atoms with Crippen molar-refractivity contribution in [2.45, 2.75) is 6.54 Å². The maximum atomic E-state index is 11.4. The molecule has 0 saturated carbocycles. The van der Waals surface area contributed by atoms with Crippen molar-refractivity contribution < 1.29 is 14.3 Å². The molecule has 0 radical (unpaired) electrons. The number of hydrogen-bond donors (Lipinski definition) is 0. The van der Waals surface area contributed by atoms with Crippen LogP contribution in [0.1, 0.15) is 5.56 Å². The van der Waals surface area contributed by atoms with Gasteiger partial charge in [0.05, 0.1) is 13.7 Å². The van der Waals surface area contributed by atoms with Crippen LogP contribution in [0.4, 0.5) is 4.79 Å². The fourth-order valence-electron chi connectivity index (χ4n) is 1.22. The number of benzene rings is 1. The third-order valence-electron chi connectivity index (χ3n) is 2.02. The Morgan fingerprint density at radius 2 is 2.00 bits per heavy atom. The van der Waals surface area contributed by atoms with Gasteiger partial charge < -0.3 is 4.74 Å². The van der Waals surface area contributed by atoms with Crippen LogP contribution in [0, 0.1) is 0 Å². The van der Waals surface area contributed by atoms with E-state index >= 15 is 0 Å². The van der Waals surface area contributed by atoms with Gasteiger partial charge in [0.1, 0.15) is 0 Å². The van der Waals surface area contributed by atoms with Gasteiger partial charge in [-0.15, -0.1) is 0 Å². The van der Waals surface area contributed by atoms with E-state index < -0.39 is 12.0 Å². The number of rotatable bonds is 3. The number of carbonyl (C=O) groups excluding carboxylic acids is 2. The van der Waals surface area contributed by atoms with Gasteiger partial charge in [0.2, 0.25) is 0 Å². The zero-order chi connectivity index (χ0) is 12.0. The Hall–Kier alpha value is -2.10. The van der Waals surface area contributed by atoms with E-state index in [-0.39, 0.29) is 6.54 Å². The standard InChI is InChI=1S/C12H13NO3/c1-3-11(14)13(12(15)16-2)9-10-7-5-4-6-8-10/h3-8H,1,9H2,2H3. The zero-order valence-electron chi connectivity index (χ0n) is 9.05. The summed E-state index contributed by atoms with van der Waals surface area (Å²) < 4.78 is 4.53. The largest absolute Gasteiger partial charge is 0.452 e. The smallest absolute Gasteiger partial charge is 0.416 e. The summed E-state index contributed by atoms with van der Waals surface area (Å²) in [4.78, 5) is 23.8. The molecule has 0 bridgehead atoms. The zero-order valence-corrected chi connectivity index (χ0v) is 9.05. The fraction of sp³-hybridized carbons (Fsp3) is 0.167. The molecule has 0 atom stereocenters. The first-order valence-electron chi connectivity index (χ1n) is 4.75. The molecular formula is C12H13NO3. The van der Waals surface area contributed by atoms with Gasteiger partial charge in [-0.1, -0.05) is 36.9 Å². The predicted octanol–water partition coefficient (Wildman–Crippen LogP) is 1.97. The van der Waals surface area contributed by atoms with Crippen molar-refractivity contribution in [3.63, 3.8) is 0 Å². The molecule has 0 N–H and O–H groups in total. The summed E-state index contributed by atoms with van der Waals surface area (Å²) >= 11 is 0. The second-order valence-electron chi connectivity index (χ2n) is 3.08. The Morgan fingerprint density at radius 1 is 1.38 bits per heavy atom. The monoisotopic (exact) mass is 219 g/mol. The number of ether oxygens (including phenoxy) is 1. The normalized spacial score (nSPS) is 9.31. The van der Waals surface area contributed by atoms with Gasteiger partial charge in [-0.25, -0.2) is 9.69 Å². The maximum Gasteiger partial charge on any atom is 0.416 e. The van der Waals surface area contributed by atoms with Gasteiger partial charge in [0, 0.05) is 0 Å². The number of nitrogens with zero attached hydrogens (tertiary/aromatic N) is 1. The number of hydrogen-bond acceptors (Lipinski definition) is 3. The molecular weight excluding hydrogens is 206 g/mol. The minimum absolute atomic E-state index is 0.179. The molecule has 0 saturated heterocycles. The lowest BCUT2D eigenvalue weighted by atomic mass is 10.2. The van der Waals surface area contributed by atoms with Gasteiger partial charge in [-0.2, -0.15) is 0 Å². The molecule has 0 aliphatic rings. The highest BCUT2D eigenvalue weighted by Crippen LogP contribution is 2.06. The average molecular weight is 219 g/mol. The van der Waals surface area contributed by atoms with Gasteiger partial charge in [0.25, 0.3) is 5.91 Å². The van der Waals surface area contributed by atoms with Gasteiger partial charge in [-0.3, -0.25) is 4.79 Å². The Morgan fingerprint density at radius 3 is 2.50 bits per heavy atom. The molecule has 0 spiro atoms. The summed E-state index contributed by atoms with van der Waals surface area (Å²) in [7, 11) is 1.23. The van der Waals surface area contributed by atoms with Crippen molar-refractivity contribution in [2.75, 3.05) is 7.11 Å². The summed E-state index contributed by atoms with van der Waals surface area (Å²) in [6.45, 7) is 3.52. The van der Waals surface area contributed by atoms with Crippen LogP contribution >= 0.6 is 0 Å². The molecule has 1 rings (SSSR count). The first-order chi connectivity index (χ1) is 7.69. The highest BCUT2D eigenvalue weighted by molar-refractivity contribution is 5.98. The second-order valence-corrected chi connectivity index (χ2v) is 3.08. The van der Waals surface area contributed by atoms with Crippen molar-refractivity contribution >= 4 is 12.0 Å². The van der Waals surface area contributed by atoms with Gasteiger partial charge >= 0.3 is 6.09 Å². The molecule has 0 heterocycles. The molecule has 1 aromatic carbocycles. The third-order valence-corrected chi connectivity index (χ3v) is 2.02. The Kier molecular flexibility index (Phi) is 4.27. The van der Waals surface area contributed by atoms with Crippen LogP contribution in [0.3, 0.4) is 0 Å². The first-order valence-corrected chi connectivity index (χ1v) is 4.75. The molecule has 84 valence electrons. The number of imide groups is 1. The predicted molar refractivity (Wildman–Crippen MR) is 59.6 cm³/mol. The SMILES string of the molecule is C=CC(=O)N(Cc1ccccc1)C(=O)OC. The summed E-state index contributed by atoms with van der Waals surface area (Å²) in [6, 6.07) is 9.19. The molecule has 0 aliphatic heterocycles. The Labute approximate surface area is 94.1 Å². The lowest BCUT2D eigenvalue weighted by molar-refractivity contribution is -0.124. The van der Waals surface area contributed by atoms with E-state index in [1.807, 2.05) is 30.3 Å². The molecule has 0 fully saturated rings. The number of methoxy groups -OCH3 is 1. The minimum atomic E-state index is -0.686. The van der Waals surface area contributed by atoms with E-state index in [0.717, 1.165) is 16.5 Å². The van der Waals surface area contributed by atoms with E-state index in [9.17, 15) is 9.59 Å². The molecule has 4 nitrogen and oxygen atoms in total. The van der Waals surface area contributed by atoms with Crippen molar-refractivity contribution in [1.29, 1.82) is 0 Å². The van der Waals surface area contributed by atoms with Crippen LogP contribution in [-0.4, -0.2) is 24.0 Å². The molecule has 16 heavy (non-hydrogen) atoms. The van der Waals surface area contributed by atoms with Crippen molar-refractivity contribution in [2.24, 2.45) is 0 Å². The maximum absolute atomic E-state index is 11.4. The van der Waals surface area contributed by atoms with Crippen LogP contribution < -0.4 is 0 Å². The Balaban J connectivity index is 2.83. The van der Waals surface area contributed by atoms with E-state index in [1.54, 1.807) is 0 Å². The number of carbonyl (C=O) groups is 2. The quantitative estimate of drug-likeness (QED) is 0.730. The van der Waals surface area contributed by atoms with E-state index in [4.69, 9.17) is 0 Å². The summed E-state index contributed by atoms with van der Waals surface area (Å²) in [5.41, 5.74) is 0.850. The molecule has 0 unspecified atom stereocenters. The van der Waals surface area contributed by atoms with Gasteiger partial charge in [0.15, 0.2) is 0 Å². The molecule has 0 aromatic heterocycles. The van der Waals surface area contributed by atoms with Crippen LogP contribution in [0.5, 0.6) is 0 Å². The molecule has 1 aromatic rings. The summed E-state index contributed by atoms with van der Waals surface area (Å²) in [5, 5.41) is 0. The minimum Gasteiger partial charge on any atom is -0.452 e. The van der Waals surface area contributed by atoms with Crippen LogP contribution in [0.2, 0.25) is 0 Å². The summed E-state index contributed by atoms with van der Waals surface area (Å²) in [6.07, 6.45) is 0.397. The highest BCUT2D eigenvalue weighted by atomic mass is 16.5. The summed E-state index contributed by atoms with van der Waals surface area (Å²) in [5.74, 6) is -0.476. The van der Waals surface area contributed by atoms with Crippen molar-refractivity contribution in [3.8, 4) is 0 Å². The highest BCUT2D eigenvalue weighted by Gasteiger charge is 2.19. The fourth-order valence-corrected chi connectivity index (χ4v) is 1.22. The topological polar surface area (TPSA) is 46.6 Å². The molecule has 4 heteroatoms. The van der Waals surface area contributed by atoms with Crippen molar-refractivity contribution in [3.05, 3.63) is 48.6 Å². The lowest BCUT2D eigenvalue weighted by Crippen LogP contribution is -2.34. The van der Waals surface area contributed by atoms with Crippen LogP contribution in [0.25, 0.3) is 0 Å². The molecule has 2 amide bonds. The first kappa shape index (κ1) is 12.0. The average Bonchev–Trinajstić information content (AvgIpc) is 2.35. The second kappa shape index (κ2) is 5.70. The van der Waals surface area contributed by atoms with Crippen LogP contribution in [-0.2, 0) is 16.1 Å². The number of amides is 2. The third kappa shape index (κ3) is 2.95. The van der Waals surface area contributed by atoms with E-state index in [1.165, 1.54) is 7.11 Å².